The fraction of sp³-hybridized carbons (Fsp3) is 1.00. The lowest BCUT2D eigenvalue weighted by Crippen LogP contribution is -2.48. The molecule has 0 radical (unpaired) electrons. The Bertz CT molecular complexity index is 2790. The van der Waals surface area contributed by atoms with E-state index in [1.54, 1.807) is 90.0 Å². The van der Waals surface area contributed by atoms with Gasteiger partial charge in [-0.1, -0.05) is 382 Å². The van der Waals surface area contributed by atoms with Crippen LogP contribution in [-0.4, -0.2) is 61.8 Å². The highest BCUT2D eigenvalue weighted by atomic mass is 19.4. The molecule has 134 heavy (non-hydrogen) atoms. The van der Waals surface area contributed by atoms with E-state index in [0.29, 0.717) is 103 Å². The molecule has 9 unspecified atom stereocenters. The minimum absolute atomic E-state index is 0.0524. The van der Waals surface area contributed by atoms with Crippen molar-refractivity contribution >= 4 is 0 Å². The standard InChI is InChI=1S/C13H25F3.2C12H23F3.2C11H21F3.2C10H19F3.C9H17F3.2C8H15F3/c1-7-8-12(6,13(14,15)16)11(9(2)3)10(4)5;1-7-11(6,12(13,14)15)10(8(2)3)9(4)5;1-6-9-11(5,12(13,14)15)10(4,7-2)8-3;1-6-9(4,7-2)10(5,8-3)11(12,13)14;1-5-8-10(4,11(12,13)14)9(6-2)7-3;2*1-5-8(6-2)9(4,7-3)10(11,12)13;1-4-6-8(3,7-5-2)9(10,11)12;1-5-7(4,6(2)3)8(9,10)11;1-4-6-7(3,5-2)8(9,10)11/h9-11H,7-8H2,1-6H3;8-10H,7H2,1-6H3;6-9H2,1-5H3;6-8H2,1-5H3;9H,5-8H2,1-4H3;2*8H,5-7H2,1-4H3;4-7H2,1-3H3;6H,5H2,1-4H3;4-6H2,1-3H3. The van der Waals surface area contributed by atoms with E-state index in [9.17, 15) is 132 Å². The van der Waals surface area contributed by atoms with E-state index in [0.717, 1.165) is 0 Å². The lowest BCUT2D eigenvalue weighted by Gasteiger charge is -2.47. The summed E-state index contributed by atoms with van der Waals surface area (Å²) in [5, 5.41) is 0. The molecule has 0 aromatic rings. The van der Waals surface area contributed by atoms with Gasteiger partial charge in [-0.2, -0.15) is 132 Å². The van der Waals surface area contributed by atoms with Gasteiger partial charge in [0.15, 0.2) is 0 Å². The first-order valence-electron chi connectivity index (χ1n) is 50.2. The second-order valence-electron chi connectivity index (χ2n) is 42.1. The summed E-state index contributed by atoms with van der Waals surface area (Å²) in [5.41, 5.74) is -16.5. The topological polar surface area (TPSA) is 0 Å². The number of rotatable bonds is 40. The predicted octanol–water partition coefficient (Wildman–Crippen LogP) is 45.3. The smallest absolute Gasteiger partial charge is 0.171 e. The second-order valence-corrected chi connectivity index (χ2v) is 42.1. The molecule has 0 aliphatic carbocycles. The van der Waals surface area contributed by atoms with Crippen LogP contribution >= 0.6 is 0 Å². The summed E-state index contributed by atoms with van der Waals surface area (Å²) in [6, 6.07) is 0. The van der Waals surface area contributed by atoms with Crippen LogP contribution in [0.3, 0.4) is 0 Å². The van der Waals surface area contributed by atoms with E-state index in [2.05, 4.69) is 0 Å². The Balaban J connectivity index is -0.000000160. The second kappa shape index (κ2) is 62.6. The third-order valence-corrected chi connectivity index (χ3v) is 32.7. The van der Waals surface area contributed by atoms with Gasteiger partial charge >= 0.3 is 61.8 Å². The van der Waals surface area contributed by atoms with E-state index in [4.69, 9.17) is 0 Å². The minimum atomic E-state index is -4.11. The van der Waals surface area contributed by atoms with E-state index >= 15 is 0 Å². The minimum Gasteiger partial charge on any atom is -0.171 e. The number of halogens is 30. The normalized spacial score (nSPS) is 17.3. The van der Waals surface area contributed by atoms with Crippen LogP contribution in [0.5, 0.6) is 0 Å². The summed E-state index contributed by atoms with van der Waals surface area (Å²) in [4.78, 5) is 0. The molecular formula is C104H198F30. The molecular weight excluding hydrogens is 1820 g/mol. The van der Waals surface area contributed by atoms with Gasteiger partial charge in [0.25, 0.3) is 0 Å². The molecule has 0 rings (SSSR count). The largest absolute Gasteiger partial charge is 0.394 e. The SMILES string of the molecule is CCC(C)(C(C(C)C)C(C)C)C(F)(F)F.CCC(C)(C(C)C)C(F)(F)F.CCC(C)(CC)C(C)(CC)C(F)(F)F.CCC(CC)C(C)(CC)C(F)(F)F.CCC(CC)C(C)(CC)C(F)(F)F.CCCC(C)(C(C(C)C)C(C)C)C(F)(F)F.CCCC(C)(C(CC)CC)C(F)(F)F.CCCC(C)(C(F)(F)F)C(C)(CC)CC.CCCC(C)(CC)C(F)(F)F.CCCC(C)(CCC)C(F)(F)F. The molecule has 30 heteroatoms. The van der Waals surface area contributed by atoms with Crippen molar-refractivity contribution in [1.29, 1.82) is 0 Å². The van der Waals surface area contributed by atoms with Crippen molar-refractivity contribution in [3.8, 4) is 0 Å². The fourth-order valence-electron chi connectivity index (χ4n) is 20.1. The molecule has 0 fully saturated rings. The zero-order chi connectivity index (χ0) is 111. The molecule has 824 valence electrons. The fourth-order valence-corrected chi connectivity index (χ4v) is 20.1. The molecule has 0 saturated carbocycles. The quantitative estimate of drug-likeness (QED) is 0.0537. The van der Waals surface area contributed by atoms with Crippen molar-refractivity contribution < 1.29 is 132 Å². The summed E-state index contributed by atoms with van der Waals surface area (Å²) < 4.78 is 384. The Morgan fingerprint density at radius 2 is 0.343 bits per heavy atom. The summed E-state index contributed by atoms with van der Waals surface area (Å²) in [7, 11) is 0. The van der Waals surface area contributed by atoms with Crippen LogP contribution in [0.2, 0.25) is 0 Å². The van der Waals surface area contributed by atoms with Gasteiger partial charge in [-0.05, 0) is 173 Å². The maximum atomic E-state index is 13.3. The van der Waals surface area contributed by atoms with Gasteiger partial charge in [0.1, 0.15) is 0 Å². The summed E-state index contributed by atoms with van der Waals surface area (Å²) in [5.74, 6) is -1.52. The molecule has 0 saturated heterocycles. The first kappa shape index (κ1) is 152. The molecule has 9 atom stereocenters. The number of hydrogen-bond acceptors (Lipinski definition) is 0. The van der Waals surface area contributed by atoms with Crippen LogP contribution in [0.25, 0.3) is 0 Å². The maximum absolute atomic E-state index is 13.3. The number of hydrogen-bond donors (Lipinski definition) is 0. The molecule has 0 bridgehead atoms. The first-order chi connectivity index (χ1) is 59.5. The Morgan fingerprint density at radius 1 is 0.157 bits per heavy atom. The molecule has 0 aromatic heterocycles. The van der Waals surface area contributed by atoms with Crippen molar-refractivity contribution in [3.63, 3.8) is 0 Å². The summed E-state index contributed by atoms with van der Waals surface area (Å²) in [6.45, 7) is 74.0. The molecule has 0 amide bonds. The van der Waals surface area contributed by atoms with Gasteiger partial charge in [-0.3, -0.25) is 0 Å². The molecule has 0 heterocycles. The Morgan fingerprint density at radius 3 is 0.455 bits per heavy atom. The van der Waals surface area contributed by atoms with Crippen LogP contribution < -0.4 is 0 Å². The first-order valence-corrected chi connectivity index (χ1v) is 50.2. The monoisotopic (exact) mass is 2020 g/mol. The Labute approximate surface area is 798 Å². The molecule has 0 nitrogen and oxygen atoms in total. The zero-order valence-electron chi connectivity index (χ0n) is 91.9. The van der Waals surface area contributed by atoms with Crippen molar-refractivity contribution in [2.24, 2.45) is 124 Å². The Kier molecular flexibility index (Phi) is 71.0. The molecule has 0 spiro atoms. The van der Waals surface area contributed by atoms with Gasteiger partial charge in [0.05, 0.1) is 54.1 Å². The summed E-state index contributed by atoms with van der Waals surface area (Å²) >= 11 is 0. The Hall–Kier alpha value is -2.10. The van der Waals surface area contributed by atoms with Gasteiger partial charge < -0.3 is 0 Å². The molecule has 0 N–H and O–H groups in total. The zero-order valence-corrected chi connectivity index (χ0v) is 91.9. The highest BCUT2D eigenvalue weighted by Crippen LogP contribution is 2.61. The molecule has 0 aromatic carbocycles. The van der Waals surface area contributed by atoms with Gasteiger partial charge in [-0.25, -0.2) is 0 Å². The lowest BCUT2D eigenvalue weighted by atomic mass is 9.60. The van der Waals surface area contributed by atoms with E-state index in [-0.39, 0.29) is 136 Å². The van der Waals surface area contributed by atoms with E-state index in [1.807, 2.05) is 145 Å². The van der Waals surface area contributed by atoms with E-state index in [1.165, 1.54) is 69.2 Å². The van der Waals surface area contributed by atoms with Crippen LogP contribution in [0, 0.1) is 124 Å². The highest BCUT2D eigenvalue weighted by molar-refractivity contribution is 4.99. The third kappa shape index (κ3) is 43.1. The number of alkyl halides is 30. The van der Waals surface area contributed by atoms with Gasteiger partial charge in [0.2, 0.25) is 0 Å². The van der Waals surface area contributed by atoms with Gasteiger partial charge in [0, 0.05) is 0 Å². The molecule has 0 aliphatic heterocycles. The predicted molar refractivity (Wildman–Crippen MR) is 504 cm³/mol. The lowest BCUT2D eigenvalue weighted by molar-refractivity contribution is -0.261. The van der Waals surface area contributed by atoms with Crippen LogP contribution in [-0.2, 0) is 0 Å². The van der Waals surface area contributed by atoms with Gasteiger partial charge in [-0.15, -0.1) is 0 Å². The summed E-state index contributed by atoms with van der Waals surface area (Å²) in [6.07, 6.45) is -29.1. The van der Waals surface area contributed by atoms with Crippen molar-refractivity contribution in [2.45, 2.75) is 546 Å². The average Bonchev–Trinajstić information content (AvgIpc) is 0.762. The van der Waals surface area contributed by atoms with Crippen molar-refractivity contribution in [1.82, 2.24) is 0 Å². The molecule has 0 aliphatic rings. The van der Waals surface area contributed by atoms with Crippen molar-refractivity contribution in [3.05, 3.63) is 0 Å². The maximum Gasteiger partial charge on any atom is 0.394 e. The van der Waals surface area contributed by atoms with E-state index < -0.39 is 127 Å². The highest BCUT2D eigenvalue weighted by Gasteiger charge is 2.63. The third-order valence-electron chi connectivity index (χ3n) is 32.7. The van der Waals surface area contributed by atoms with Crippen LogP contribution in [0.15, 0.2) is 0 Å². The van der Waals surface area contributed by atoms with Crippen LogP contribution in [0.4, 0.5) is 132 Å². The van der Waals surface area contributed by atoms with Crippen molar-refractivity contribution in [2.75, 3.05) is 0 Å². The van der Waals surface area contributed by atoms with Crippen LogP contribution in [0.1, 0.15) is 484 Å². The average molecular weight is 2020 g/mol.